The molecule has 2 N–H and O–H groups in total. The molecular formula is C7H12N2O2S. The van der Waals surface area contributed by atoms with E-state index in [0.717, 1.165) is 25.9 Å². The van der Waals surface area contributed by atoms with Crippen LogP contribution in [0, 0.1) is 18.3 Å². The molecule has 1 rings (SSSR count). The lowest BCUT2D eigenvalue weighted by Gasteiger charge is -2.28. The van der Waals surface area contributed by atoms with Crippen LogP contribution < -0.4 is 4.83 Å². The first kappa shape index (κ1) is 9.68. The van der Waals surface area contributed by atoms with Crippen LogP contribution in [0.3, 0.4) is 0 Å². The highest BCUT2D eigenvalue weighted by Gasteiger charge is 2.17. The van der Waals surface area contributed by atoms with Gasteiger partial charge in [-0.2, -0.15) is 0 Å². The van der Waals surface area contributed by atoms with E-state index in [1.165, 1.54) is 0 Å². The molecule has 1 aliphatic rings. The molecule has 0 radical (unpaired) electrons. The van der Waals surface area contributed by atoms with Crippen LogP contribution in [0.5, 0.6) is 0 Å². The molecule has 1 saturated heterocycles. The molecule has 0 amide bonds. The van der Waals surface area contributed by atoms with Crippen molar-refractivity contribution in [2.24, 2.45) is 5.92 Å². The molecule has 1 fully saturated rings. The standard InChI is InChI=1S/C7H12N2O2S/c1-2-7-3-5-9(6-4-7)8-12(10)11/h1,7-8H,3-6H2,(H,10,11). The minimum Gasteiger partial charge on any atom is -0.293 e. The molecule has 0 spiro atoms. The Kier molecular flexibility index (Phi) is 3.69. The molecule has 0 saturated carbocycles. The summed E-state index contributed by atoms with van der Waals surface area (Å²) in [5.74, 6) is 3.01. The van der Waals surface area contributed by atoms with E-state index in [-0.39, 0.29) is 0 Å². The molecule has 0 bridgehead atoms. The normalized spacial score (nSPS) is 23.3. The summed E-state index contributed by atoms with van der Waals surface area (Å²) in [5, 5.41) is 1.73. The molecule has 5 heteroatoms. The molecule has 4 nitrogen and oxygen atoms in total. The molecule has 0 aromatic rings. The third-order valence-corrected chi connectivity index (χ3v) is 2.35. The Bertz CT molecular complexity index is 206. The smallest absolute Gasteiger partial charge is 0.246 e. The van der Waals surface area contributed by atoms with Gasteiger partial charge in [-0.25, -0.2) is 9.22 Å². The third-order valence-electron chi connectivity index (χ3n) is 1.94. The van der Waals surface area contributed by atoms with Gasteiger partial charge in [0.2, 0.25) is 11.3 Å². The minimum absolute atomic E-state index is 0.329. The fraction of sp³-hybridized carbons (Fsp3) is 0.714. The van der Waals surface area contributed by atoms with Gasteiger partial charge in [0.05, 0.1) is 0 Å². The first-order valence-electron chi connectivity index (χ1n) is 3.80. The fourth-order valence-corrected chi connectivity index (χ4v) is 1.65. The number of hydrogen-bond acceptors (Lipinski definition) is 2. The molecular weight excluding hydrogens is 176 g/mol. The van der Waals surface area contributed by atoms with Gasteiger partial charge in [0.25, 0.3) is 0 Å². The van der Waals surface area contributed by atoms with E-state index in [2.05, 4.69) is 10.8 Å². The predicted octanol–water partition coefficient (Wildman–Crippen LogP) is -0.0271. The lowest BCUT2D eigenvalue weighted by molar-refractivity contribution is 0.179. The summed E-state index contributed by atoms with van der Waals surface area (Å²) in [6.45, 7) is 1.47. The summed E-state index contributed by atoms with van der Waals surface area (Å²) in [4.78, 5) is 2.42. The maximum Gasteiger partial charge on any atom is 0.246 e. The maximum absolute atomic E-state index is 10.3. The Hall–Kier alpha value is -0.410. The molecule has 12 heavy (non-hydrogen) atoms. The third kappa shape index (κ3) is 2.91. The molecule has 0 aliphatic carbocycles. The summed E-state index contributed by atoms with van der Waals surface area (Å²) < 4.78 is 18.8. The van der Waals surface area contributed by atoms with Crippen LogP contribution >= 0.6 is 0 Å². The first-order valence-corrected chi connectivity index (χ1v) is 4.91. The number of hydrazine groups is 1. The van der Waals surface area contributed by atoms with Crippen LogP contribution in [0.2, 0.25) is 0 Å². The van der Waals surface area contributed by atoms with Crippen molar-refractivity contribution in [3.8, 4) is 12.3 Å². The van der Waals surface area contributed by atoms with Crippen molar-refractivity contribution in [3.63, 3.8) is 0 Å². The molecule has 68 valence electrons. The van der Waals surface area contributed by atoms with Crippen molar-refractivity contribution in [2.45, 2.75) is 12.8 Å². The molecule has 1 unspecified atom stereocenters. The van der Waals surface area contributed by atoms with E-state index in [9.17, 15) is 4.21 Å². The zero-order chi connectivity index (χ0) is 8.97. The number of hydrogen-bond donors (Lipinski definition) is 2. The van der Waals surface area contributed by atoms with E-state index >= 15 is 0 Å². The van der Waals surface area contributed by atoms with Gasteiger partial charge in [-0.1, -0.05) is 0 Å². The van der Waals surface area contributed by atoms with Crippen molar-refractivity contribution < 1.29 is 8.76 Å². The lowest BCUT2D eigenvalue weighted by atomic mass is 9.99. The zero-order valence-corrected chi connectivity index (χ0v) is 7.51. The maximum atomic E-state index is 10.3. The highest BCUT2D eigenvalue weighted by molar-refractivity contribution is 7.77. The summed E-state index contributed by atoms with van der Waals surface area (Å²) in [5.41, 5.74) is 0. The topological polar surface area (TPSA) is 52.6 Å². The van der Waals surface area contributed by atoms with Crippen molar-refractivity contribution in [1.29, 1.82) is 0 Å². The van der Waals surface area contributed by atoms with E-state index in [1.807, 2.05) is 0 Å². The summed E-state index contributed by atoms with van der Waals surface area (Å²) in [6, 6.07) is 0. The molecule has 0 aromatic carbocycles. The number of rotatable bonds is 2. The summed E-state index contributed by atoms with van der Waals surface area (Å²) in [7, 11) is 0. The molecule has 1 atom stereocenters. The Morgan fingerprint density at radius 3 is 2.58 bits per heavy atom. The Morgan fingerprint density at radius 2 is 2.17 bits per heavy atom. The number of nitrogens with zero attached hydrogens (tertiary/aromatic N) is 1. The Morgan fingerprint density at radius 1 is 1.58 bits per heavy atom. The van der Waals surface area contributed by atoms with Gasteiger partial charge in [0.15, 0.2) is 0 Å². The largest absolute Gasteiger partial charge is 0.293 e. The SMILES string of the molecule is C#CC1CCN(NS(=O)O)CC1. The van der Waals surface area contributed by atoms with Crippen molar-refractivity contribution in [3.05, 3.63) is 0 Å². The van der Waals surface area contributed by atoms with Gasteiger partial charge in [-0.15, -0.1) is 17.2 Å². The van der Waals surface area contributed by atoms with Crippen molar-refractivity contribution >= 4 is 11.3 Å². The predicted molar refractivity (Wildman–Crippen MR) is 47.0 cm³/mol. The highest BCUT2D eigenvalue weighted by atomic mass is 32.2. The van der Waals surface area contributed by atoms with Gasteiger partial charge >= 0.3 is 0 Å². The average molecular weight is 188 g/mol. The van der Waals surface area contributed by atoms with Crippen LogP contribution in [0.25, 0.3) is 0 Å². The Balaban J connectivity index is 2.27. The highest BCUT2D eigenvalue weighted by Crippen LogP contribution is 2.14. The van der Waals surface area contributed by atoms with E-state index in [0.29, 0.717) is 5.92 Å². The number of nitrogens with one attached hydrogen (secondary N) is 1. The van der Waals surface area contributed by atoms with E-state index < -0.39 is 11.3 Å². The van der Waals surface area contributed by atoms with Crippen LogP contribution in [0.4, 0.5) is 0 Å². The van der Waals surface area contributed by atoms with Crippen LogP contribution in [0.1, 0.15) is 12.8 Å². The van der Waals surface area contributed by atoms with Gasteiger partial charge in [0.1, 0.15) is 0 Å². The Labute approximate surface area is 74.7 Å². The van der Waals surface area contributed by atoms with Crippen LogP contribution in [-0.2, 0) is 11.3 Å². The molecule has 1 heterocycles. The monoisotopic (exact) mass is 188 g/mol. The van der Waals surface area contributed by atoms with Crippen molar-refractivity contribution in [1.82, 2.24) is 9.84 Å². The lowest BCUT2D eigenvalue weighted by Crippen LogP contribution is -2.44. The molecule has 0 aromatic heterocycles. The van der Waals surface area contributed by atoms with E-state index in [4.69, 9.17) is 11.0 Å². The number of terminal acetylenes is 1. The summed E-state index contributed by atoms with van der Waals surface area (Å²) >= 11 is -1.95. The van der Waals surface area contributed by atoms with Gasteiger partial charge in [-0.3, -0.25) is 4.55 Å². The second-order valence-electron chi connectivity index (χ2n) is 2.77. The van der Waals surface area contributed by atoms with Gasteiger partial charge < -0.3 is 0 Å². The van der Waals surface area contributed by atoms with Gasteiger partial charge in [-0.05, 0) is 12.8 Å². The summed E-state index contributed by atoms with van der Waals surface area (Å²) in [6.07, 6.45) is 7.03. The quantitative estimate of drug-likeness (QED) is 0.473. The number of piperidine rings is 1. The average Bonchev–Trinajstić information content (AvgIpc) is 2.05. The fourth-order valence-electron chi connectivity index (χ4n) is 1.25. The first-order chi connectivity index (χ1) is 5.72. The minimum atomic E-state index is -1.95. The second-order valence-corrected chi connectivity index (χ2v) is 3.45. The van der Waals surface area contributed by atoms with Crippen LogP contribution in [-0.4, -0.2) is 26.9 Å². The second kappa shape index (κ2) is 4.58. The van der Waals surface area contributed by atoms with Crippen LogP contribution in [0.15, 0.2) is 0 Å². The molecule has 1 aliphatic heterocycles. The van der Waals surface area contributed by atoms with Gasteiger partial charge in [0, 0.05) is 19.0 Å². The van der Waals surface area contributed by atoms with Crippen molar-refractivity contribution in [2.75, 3.05) is 13.1 Å². The van der Waals surface area contributed by atoms with E-state index in [1.54, 1.807) is 5.01 Å². The zero-order valence-electron chi connectivity index (χ0n) is 6.69.